The first-order chi connectivity index (χ1) is 3.15. The number of aliphatic carboxylic acids is 1. The van der Waals surface area contributed by atoms with Crippen LogP contribution in [0.3, 0.4) is 0 Å². The highest BCUT2D eigenvalue weighted by molar-refractivity contribution is 5.78. The molecule has 1 heterocycles. The van der Waals surface area contributed by atoms with Crippen LogP contribution >= 0.6 is 0 Å². The lowest BCUT2D eigenvalue weighted by Crippen LogP contribution is -2.28. The Morgan fingerprint density at radius 1 is 1.57 bits per heavy atom. The molecule has 0 aromatic rings. The monoisotopic (exact) mass is 104 g/mol. The van der Waals surface area contributed by atoms with Gasteiger partial charge in [-0.25, -0.2) is 4.79 Å². The van der Waals surface area contributed by atoms with Crippen molar-refractivity contribution in [2.75, 3.05) is 0 Å². The lowest BCUT2D eigenvalue weighted by molar-refractivity contribution is -0.150. The molecule has 4 N–H and O–H groups in total. The zero-order valence-corrected chi connectivity index (χ0v) is 3.30. The third-order valence-corrected chi connectivity index (χ3v) is 0.671. The molecule has 0 aliphatic carbocycles. The molecule has 0 radical (unpaired) electrons. The molecule has 1 aliphatic rings. The Hall–Kier alpha value is -0.650. The van der Waals surface area contributed by atoms with E-state index in [1.165, 1.54) is 0 Å². The van der Waals surface area contributed by atoms with Gasteiger partial charge >= 0.3 is 5.97 Å². The van der Waals surface area contributed by atoms with Crippen LogP contribution in [0.1, 0.15) is 0 Å². The van der Waals surface area contributed by atoms with Crippen molar-refractivity contribution >= 4 is 5.97 Å². The Morgan fingerprint density at radius 3 is 2.00 bits per heavy atom. The maximum absolute atomic E-state index is 9.71. The highest BCUT2D eigenvalue weighted by Gasteiger charge is 2.48. The molecule has 0 spiro atoms. The second kappa shape index (κ2) is 0.945. The molecule has 5 heteroatoms. The number of carboxylic acids is 1. The summed E-state index contributed by atoms with van der Waals surface area (Å²) in [7, 11) is 0. The van der Waals surface area contributed by atoms with Crippen molar-refractivity contribution in [2.24, 2.45) is 0 Å². The molecule has 1 rings (SSSR count). The van der Waals surface area contributed by atoms with E-state index in [9.17, 15) is 4.79 Å². The molecule has 7 heavy (non-hydrogen) atoms. The first-order valence-corrected chi connectivity index (χ1v) is 1.65. The topological polar surface area (TPSA) is 101 Å². The Kier molecular flexibility index (Phi) is 0.609. The Bertz CT molecular complexity index is 108. The van der Waals surface area contributed by atoms with Gasteiger partial charge in [0.25, 0.3) is 5.85 Å². The summed E-state index contributed by atoms with van der Waals surface area (Å²) in [6.07, 6.45) is 0. The molecule has 5 nitrogen and oxygen atoms in total. The first kappa shape index (κ1) is 4.51. The largest absolute Gasteiger partial charge is 0.477 e. The summed E-state index contributed by atoms with van der Waals surface area (Å²) in [5.74, 6) is -3.15. The van der Waals surface area contributed by atoms with Crippen LogP contribution in [0.5, 0.6) is 0 Å². The van der Waals surface area contributed by atoms with Gasteiger partial charge in [0.05, 0.1) is 0 Å². The lowest BCUT2D eigenvalue weighted by Gasteiger charge is -1.89. The van der Waals surface area contributed by atoms with E-state index in [4.69, 9.17) is 10.2 Å². The van der Waals surface area contributed by atoms with E-state index < -0.39 is 11.8 Å². The van der Waals surface area contributed by atoms with Crippen molar-refractivity contribution < 1.29 is 15.0 Å². The summed E-state index contributed by atoms with van der Waals surface area (Å²) in [6.45, 7) is 0. The summed E-state index contributed by atoms with van der Waals surface area (Å²) in [5.41, 5.74) is 4.03. The van der Waals surface area contributed by atoms with Crippen LogP contribution < -0.4 is 10.9 Å². The minimum atomic E-state index is -1.83. The summed E-state index contributed by atoms with van der Waals surface area (Å²) >= 11 is 0. The fourth-order valence-corrected chi connectivity index (χ4v) is 0.166. The molecule has 0 unspecified atom stereocenters. The predicted molar refractivity (Wildman–Crippen MR) is 18.9 cm³/mol. The Morgan fingerprint density at radius 2 is 2.00 bits per heavy atom. The molecule has 1 saturated heterocycles. The van der Waals surface area contributed by atoms with Gasteiger partial charge in [-0.1, -0.05) is 0 Å². The highest BCUT2D eigenvalue weighted by atomic mass is 16.5. The van der Waals surface area contributed by atoms with Crippen LogP contribution in [0.25, 0.3) is 0 Å². The second-order valence-electron chi connectivity index (χ2n) is 1.27. The molecule has 0 amide bonds. The van der Waals surface area contributed by atoms with E-state index in [0.717, 1.165) is 0 Å². The minimum absolute atomic E-state index is 1.31. The molecule has 1 fully saturated rings. The smallest absolute Gasteiger partial charge is 0.370 e. The van der Waals surface area contributed by atoms with Gasteiger partial charge in [-0.2, -0.15) is 10.9 Å². The number of carboxylic acid groups (broad SMARTS) is 1. The zero-order chi connectivity index (χ0) is 5.49. The van der Waals surface area contributed by atoms with Crippen molar-refractivity contribution in [3.05, 3.63) is 0 Å². The summed E-state index contributed by atoms with van der Waals surface area (Å²) in [4.78, 5) is 9.71. The van der Waals surface area contributed by atoms with E-state index in [2.05, 4.69) is 0 Å². The fourth-order valence-electron chi connectivity index (χ4n) is 0.166. The number of hydrogen-bond donors (Lipinski definition) is 4. The first-order valence-electron chi connectivity index (χ1n) is 1.65. The van der Waals surface area contributed by atoms with Crippen molar-refractivity contribution in [3.63, 3.8) is 0 Å². The van der Waals surface area contributed by atoms with Gasteiger partial charge in [0.1, 0.15) is 0 Å². The molecule has 0 bridgehead atoms. The maximum Gasteiger partial charge on any atom is 0.370 e. The fraction of sp³-hybridized carbons (Fsp3) is 0.500. The predicted octanol–water partition coefficient (Wildman–Crippen LogP) is -2.18. The van der Waals surface area contributed by atoms with E-state index in [1.807, 2.05) is 10.9 Å². The van der Waals surface area contributed by atoms with Gasteiger partial charge in [0.2, 0.25) is 0 Å². The van der Waals surface area contributed by atoms with Crippen LogP contribution in [0.15, 0.2) is 0 Å². The van der Waals surface area contributed by atoms with E-state index in [0.29, 0.717) is 0 Å². The third kappa shape index (κ3) is 0.560. The Labute approximate surface area is 38.9 Å². The molecular formula is C2H4N2O3. The van der Waals surface area contributed by atoms with Gasteiger partial charge < -0.3 is 10.2 Å². The number of aliphatic hydroxyl groups is 1. The molecule has 40 valence electrons. The van der Waals surface area contributed by atoms with E-state index in [-0.39, 0.29) is 0 Å². The standard InChI is InChI=1S/C2H4N2O3/c5-1(6)2(7)3-4-2/h3-4,7H,(H,5,6). The quantitative estimate of drug-likeness (QED) is 0.283. The second-order valence-corrected chi connectivity index (χ2v) is 1.27. The number of rotatable bonds is 1. The van der Waals surface area contributed by atoms with Crippen molar-refractivity contribution in [1.29, 1.82) is 0 Å². The normalized spacial score (nSPS) is 24.1. The van der Waals surface area contributed by atoms with Crippen LogP contribution in [0.2, 0.25) is 0 Å². The average molecular weight is 104 g/mol. The van der Waals surface area contributed by atoms with E-state index >= 15 is 0 Å². The van der Waals surface area contributed by atoms with Gasteiger partial charge in [-0.15, -0.1) is 0 Å². The van der Waals surface area contributed by atoms with Crippen LogP contribution in [0.4, 0.5) is 0 Å². The molecule has 0 aromatic carbocycles. The van der Waals surface area contributed by atoms with Crippen molar-refractivity contribution in [3.8, 4) is 0 Å². The maximum atomic E-state index is 9.71. The highest BCUT2D eigenvalue weighted by Crippen LogP contribution is 2.01. The van der Waals surface area contributed by atoms with Crippen LogP contribution in [-0.4, -0.2) is 22.0 Å². The zero-order valence-electron chi connectivity index (χ0n) is 3.30. The summed E-state index contributed by atoms with van der Waals surface area (Å²) in [5, 5.41) is 16.3. The summed E-state index contributed by atoms with van der Waals surface area (Å²) in [6, 6.07) is 0. The molecule has 0 aromatic heterocycles. The van der Waals surface area contributed by atoms with Gasteiger partial charge in [0, 0.05) is 0 Å². The van der Waals surface area contributed by atoms with Crippen LogP contribution in [-0.2, 0) is 4.79 Å². The SMILES string of the molecule is O=C(O)C1(O)NN1. The number of hydrogen-bond acceptors (Lipinski definition) is 4. The number of hydrazine groups is 1. The number of carbonyl (C=O) groups is 1. The van der Waals surface area contributed by atoms with Gasteiger partial charge in [-0.3, -0.25) is 0 Å². The molecule has 0 atom stereocenters. The average Bonchev–Trinajstić information content (AvgIpc) is 2.21. The molecular weight excluding hydrogens is 100 g/mol. The summed E-state index contributed by atoms with van der Waals surface area (Å²) < 4.78 is 0. The molecule has 1 aliphatic heterocycles. The van der Waals surface area contributed by atoms with Crippen LogP contribution in [0, 0.1) is 0 Å². The van der Waals surface area contributed by atoms with Gasteiger partial charge in [-0.05, 0) is 0 Å². The Balaban J connectivity index is 2.55. The van der Waals surface area contributed by atoms with Gasteiger partial charge in [0.15, 0.2) is 0 Å². The lowest BCUT2D eigenvalue weighted by atomic mass is 10.5. The third-order valence-electron chi connectivity index (χ3n) is 0.671. The van der Waals surface area contributed by atoms with Crippen molar-refractivity contribution in [2.45, 2.75) is 5.85 Å². The molecule has 0 saturated carbocycles. The van der Waals surface area contributed by atoms with Crippen molar-refractivity contribution in [1.82, 2.24) is 10.9 Å². The minimum Gasteiger partial charge on any atom is -0.477 e. The van der Waals surface area contributed by atoms with E-state index in [1.54, 1.807) is 0 Å². The number of nitrogens with one attached hydrogen (secondary N) is 2.